The van der Waals surface area contributed by atoms with Crippen LogP contribution in [0.5, 0.6) is 0 Å². The SMILES string of the molecule is CC(=O)Nc1ccc(C(=O)N2CCN(S(=O)(=O)c3ccc4c(c3)CCCC4)CC2)cc1. The monoisotopic (exact) mass is 441 g/mol. The fourth-order valence-electron chi connectivity index (χ4n) is 4.23. The molecule has 0 atom stereocenters. The minimum Gasteiger partial charge on any atom is -0.336 e. The van der Waals surface area contributed by atoms with Gasteiger partial charge in [0.1, 0.15) is 0 Å². The molecule has 2 amide bonds. The van der Waals surface area contributed by atoms with E-state index in [-0.39, 0.29) is 24.9 Å². The number of anilines is 1. The molecular weight excluding hydrogens is 414 g/mol. The van der Waals surface area contributed by atoms with Crippen molar-refractivity contribution in [3.63, 3.8) is 0 Å². The number of hydrogen-bond donors (Lipinski definition) is 1. The van der Waals surface area contributed by atoms with Gasteiger partial charge < -0.3 is 10.2 Å². The first-order valence-electron chi connectivity index (χ1n) is 10.6. The summed E-state index contributed by atoms with van der Waals surface area (Å²) < 4.78 is 27.7. The molecule has 2 aromatic rings. The maximum Gasteiger partial charge on any atom is 0.253 e. The molecular formula is C23H27N3O4S. The molecule has 0 saturated carbocycles. The van der Waals surface area contributed by atoms with Gasteiger partial charge in [-0.3, -0.25) is 9.59 Å². The first-order valence-corrected chi connectivity index (χ1v) is 12.1. The number of fused-ring (bicyclic) bond motifs is 1. The van der Waals surface area contributed by atoms with Gasteiger partial charge in [0.25, 0.3) is 5.91 Å². The van der Waals surface area contributed by atoms with E-state index in [1.165, 1.54) is 16.8 Å². The highest BCUT2D eigenvalue weighted by atomic mass is 32.2. The van der Waals surface area contributed by atoms with Gasteiger partial charge in [0.2, 0.25) is 15.9 Å². The van der Waals surface area contributed by atoms with Crippen molar-refractivity contribution in [2.24, 2.45) is 0 Å². The predicted molar refractivity (Wildman–Crippen MR) is 118 cm³/mol. The lowest BCUT2D eigenvalue weighted by Crippen LogP contribution is -2.50. The van der Waals surface area contributed by atoms with Gasteiger partial charge in [0, 0.05) is 44.4 Å². The number of amides is 2. The van der Waals surface area contributed by atoms with Gasteiger partial charge in [-0.25, -0.2) is 8.42 Å². The molecule has 0 aromatic heterocycles. The first-order chi connectivity index (χ1) is 14.8. The Bertz CT molecular complexity index is 1090. The number of carbonyl (C=O) groups is 2. The second kappa shape index (κ2) is 8.80. The third-order valence-corrected chi connectivity index (χ3v) is 7.83. The number of hydrogen-bond acceptors (Lipinski definition) is 4. The van der Waals surface area contributed by atoms with E-state index in [0.717, 1.165) is 31.2 Å². The van der Waals surface area contributed by atoms with Crippen molar-refractivity contribution in [2.45, 2.75) is 37.5 Å². The molecule has 7 nitrogen and oxygen atoms in total. The lowest BCUT2D eigenvalue weighted by atomic mass is 9.92. The van der Waals surface area contributed by atoms with E-state index in [1.54, 1.807) is 35.2 Å². The fraction of sp³-hybridized carbons (Fsp3) is 0.391. The Morgan fingerprint density at radius 3 is 2.16 bits per heavy atom. The summed E-state index contributed by atoms with van der Waals surface area (Å²) >= 11 is 0. The Labute approximate surface area is 183 Å². The summed E-state index contributed by atoms with van der Waals surface area (Å²) in [4.78, 5) is 25.9. The van der Waals surface area contributed by atoms with E-state index in [1.807, 2.05) is 12.1 Å². The molecule has 1 N–H and O–H groups in total. The van der Waals surface area contributed by atoms with E-state index in [2.05, 4.69) is 5.32 Å². The van der Waals surface area contributed by atoms with Gasteiger partial charge in [-0.05, 0) is 73.2 Å². The van der Waals surface area contributed by atoms with E-state index in [4.69, 9.17) is 0 Å². The molecule has 8 heteroatoms. The zero-order valence-corrected chi connectivity index (χ0v) is 18.5. The van der Waals surface area contributed by atoms with Crippen molar-refractivity contribution in [3.8, 4) is 0 Å². The van der Waals surface area contributed by atoms with Gasteiger partial charge in [0.05, 0.1) is 4.90 Å². The zero-order chi connectivity index (χ0) is 22.0. The summed E-state index contributed by atoms with van der Waals surface area (Å²) in [7, 11) is -3.57. The lowest BCUT2D eigenvalue weighted by Gasteiger charge is -2.34. The van der Waals surface area contributed by atoms with Crippen molar-refractivity contribution >= 4 is 27.5 Å². The molecule has 4 rings (SSSR count). The fourth-order valence-corrected chi connectivity index (χ4v) is 5.71. The molecule has 31 heavy (non-hydrogen) atoms. The third-order valence-electron chi connectivity index (χ3n) is 5.94. The van der Waals surface area contributed by atoms with Crippen LogP contribution >= 0.6 is 0 Å². The smallest absolute Gasteiger partial charge is 0.253 e. The second-order valence-electron chi connectivity index (χ2n) is 8.09. The number of nitrogens with zero attached hydrogens (tertiary/aromatic N) is 2. The van der Waals surface area contributed by atoms with Gasteiger partial charge in [0.15, 0.2) is 0 Å². The third kappa shape index (κ3) is 4.65. The molecule has 0 unspecified atom stereocenters. The minimum absolute atomic E-state index is 0.139. The Morgan fingerprint density at radius 2 is 1.52 bits per heavy atom. The molecule has 0 bridgehead atoms. The standard InChI is InChI=1S/C23H27N3O4S/c1-17(27)24-21-9-6-19(7-10-21)23(28)25-12-14-26(15-13-25)31(29,30)22-11-8-18-4-2-3-5-20(18)16-22/h6-11,16H,2-5,12-15H2,1H3,(H,24,27). The van der Waals surface area contributed by atoms with E-state index in [9.17, 15) is 18.0 Å². The van der Waals surface area contributed by atoms with Crippen LogP contribution in [0.1, 0.15) is 41.3 Å². The normalized spacial score (nSPS) is 17.1. The molecule has 1 aliphatic carbocycles. The quantitative estimate of drug-likeness (QED) is 0.790. The van der Waals surface area contributed by atoms with Gasteiger partial charge >= 0.3 is 0 Å². The molecule has 164 valence electrons. The van der Waals surface area contributed by atoms with Crippen molar-refractivity contribution in [3.05, 3.63) is 59.2 Å². The van der Waals surface area contributed by atoms with E-state index < -0.39 is 10.0 Å². The average molecular weight is 442 g/mol. The highest BCUT2D eigenvalue weighted by Crippen LogP contribution is 2.26. The number of benzene rings is 2. The van der Waals surface area contributed by atoms with Crippen LogP contribution in [0.25, 0.3) is 0 Å². The Morgan fingerprint density at radius 1 is 0.871 bits per heavy atom. The van der Waals surface area contributed by atoms with Crippen LogP contribution in [0.4, 0.5) is 5.69 Å². The summed E-state index contributed by atoms with van der Waals surface area (Å²) in [6, 6.07) is 12.2. The molecule has 1 heterocycles. The minimum atomic E-state index is -3.57. The average Bonchev–Trinajstić information content (AvgIpc) is 2.78. The number of sulfonamides is 1. The maximum atomic E-state index is 13.1. The lowest BCUT2D eigenvalue weighted by molar-refractivity contribution is -0.114. The molecule has 1 aliphatic heterocycles. The van der Waals surface area contributed by atoms with E-state index >= 15 is 0 Å². The van der Waals surface area contributed by atoms with Crippen LogP contribution in [0.15, 0.2) is 47.4 Å². The second-order valence-corrected chi connectivity index (χ2v) is 10.0. The maximum absolute atomic E-state index is 13.1. The number of nitrogens with one attached hydrogen (secondary N) is 1. The van der Waals surface area contributed by atoms with Gasteiger partial charge in [-0.2, -0.15) is 4.31 Å². The molecule has 0 spiro atoms. The van der Waals surface area contributed by atoms with Crippen molar-refractivity contribution < 1.29 is 18.0 Å². The van der Waals surface area contributed by atoms with Crippen molar-refractivity contribution in [1.82, 2.24) is 9.21 Å². The molecule has 2 aromatic carbocycles. The Hall–Kier alpha value is -2.71. The van der Waals surface area contributed by atoms with Crippen LogP contribution < -0.4 is 5.32 Å². The molecule has 1 fully saturated rings. The van der Waals surface area contributed by atoms with E-state index in [0.29, 0.717) is 29.2 Å². The van der Waals surface area contributed by atoms with Gasteiger partial charge in [-0.1, -0.05) is 6.07 Å². The number of carbonyl (C=O) groups excluding carboxylic acids is 2. The number of rotatable bonds is 4. The van der Waals surface area contributed by atoms with Crippen molar-refractivity contribution in [2.75, 3.05) is 31.5 Å². The van der Waals surface area contributed by atoms with Gasteiger partial charge in [-0.15, -0.1) is 0 Å². The topological polar surface area (TPSA) is 86.8 Å². The van der Waals surface area contributed by atoms with Crippen LogP contribution in [0.2, 0.25) is 0 Å². The van der Waals surface area contributed by atoms with Crippen molar-refractivity contribution in [1.29, 1.82) is 0 Å². The number of aryl methyl sites for hydroxylation is 2. The first kappa shape index (κ1) is 21.5. The summed E-state index contributed by atoms with van der Waals surface area (Å²) in [6.45, 7) is 2.66. The van der Waals surface area contributed by atoms with Crippen LogP contribution in [0, 0.1) is 0 Å². The summed E-state index contributed by atoms with van der Waals surface area (Å²) in [5, 5.41) is 2.67. The Balaban J connectivity index is 1.41. The Kier molecular flexibility index (Phi) is 6.11. The molecule has 0 radical (unpaired) electrons. The van der Waals surface area contributed by atoms with Crippen LogP contribution in [0.3, 0.4) is 0 Å². The largest absolute Gasteiger partial charge is 0.336 e. The highest BCUT2D eigenvalue weighted by Gasteiger charge is 2.31. The molecule has 2 aliphatic rings. The summed E-state index contributed by atoms with van der Waals surface area (Å²) in [5.41, 5.74) is 3.54. The molecule has 1 saturated heterocycles. The van der Waals surface area contributed by atoms with Crippen LogP contribution in [-0.4, -0.2) is 55.6 Å². The highest BCUT2D eigenvalue weighted by molar-refractivity contribution is 7.89. The summed E-state index contributed by atoms with van der Waals surface area (Å²) in [5.74, 6) is -0.310. The zero-order valence-electron chi connectivity index (χ0n) is 17.6. The van der Waals surface area contributed by atoms with Crippen LogP contribution in [-0.2, 0) is 27.7 Å². The summed E-state index contributed by atoms with van der Waals surface area (Å²) in [6.07, 6.45) is 4.21. The number of piperazine rings is 1. The predicted octanol–water partition coefficient (Wildman–Crippen LogP) is 2.67.